The van der Waals surface area contributed by atoms with E-state index in [0.717, 1.165) is 32.0 Å². The van der Waals surface area contributed by atoms with Crippen LogP contribution >= 0.6 is 0 Å². The van der Waals surface area contributed by atoms with Crippen LogP contribution < -0.4 is 15.1 Å². The molecule has 1 aliphatic heterocycles. The second-order valence-electron chi connectivity index (χ2n) is 6.94. The summed E-state index contributed by atoms with van der Waals surface area (Å²) in [5.74, 6) is 1.34. The fraction of sp³-hybridized carbons (Fsp3) is 0.273. The van der Waals surface area contributed by atoms with Crippen LogP contribution in [-0.2, 0) is 0 Å². The van der Waals surface area contributed by atoms with Crippen molar-refractivity contribution in [3.63, 3.8) is 0 Å². The van der Waals surface area contributed by atoms with Gasteiger partial charge in [-0.05, 0) is 30.7 Å². The maximum atomic E-state index is 14.0. The Labute approximate surface area is 164 Å². The van der Waals surface area contributed by atoms with E-state index in [4.69, 9.17) is 0 Å². The van der Waals surface area contributed by atoms with E-state index in [-0.39, 0.29) is 11.9 Å². The molecule has 0 bridgehead atoms. The van der Waals surface area contributed by atoms with E-state index in [0.29, 0.717) is 11.6 Å². The Kier molecular flexibility index (Phi) is 5.37. The van der Waals surface area contributed by atoms with Gasteiger partial charge in [0.05, 0.1) is 5.69 Å². The summed E-state index contributed by atoms with van der Waals surface area (Å²) in [6.45, 7) is 5.10. The first kappa shape index (κ1) is 18.2. The van der Waals surface area contributed by atoms with Gasteiger partial charge in [0.1, 0.15) is 11.6 Å². The van der Waals surface area contributed by atoms with Crippen LogP contribution in [0.2, 0.25) is 0 Å². The molecule has 0 saturated carbocycles. The van der Waals surface area contributed by atoms with Crippen LogP contribution in [0.5, 0.6) is 0 Å². The number of aromatic nitrogens is 2. The van der Waals surface area contributed by atoms with Crippen LogP contribution in [0.4, 0.5) is 21.8 Å². The average molecular weight is 377 g/mol. The van der Waals surface area contributed by atoms with E-state index >= 15 is 0 Å². The predicted octanol–water partition coefficient (Wildman–Crippen LogP) is 4.12. The number of piperazine rings is 1. The predicted molar refractivity (Wildman–Crippen MR) is 111 cm³/mol. The van der Waals surface area contributed by atoms with Crippen LogP contribution in [0.15, 0.2) is 66.9 Å². The number of hydrogen-bond donors (Lipinski definition) is 1. The Morgan fingerprint density at radius 1 is 0.893 bits per heavy atom. The van der Waals surface area contributed by atoms with E-state index in [2.05, 4.69) is 44.1 Å². The van der Waals surface area contributed by atoms with E-state index in [1.807, 2.05) is 36.4 Å². The molecule has 1 aromatic heterocycles. The smallest absolute Gasteiger partial charge is 0.227 e. The highest BCUT2D eigenvalue weighted by Gasteiger charge is 2.21. The molecule has 1 unspecified atom stereocenters. The monoisotopic (exact) mass is 377 g/mol. The molecule has 1 fully saturated rings. The summed E-state index contributed by atoms with van der Waals surface area (Å²) in [7, 11) is 0. The molecule has 28 heavy (non-hydrogen) atoms. The van der Waals surface area contributed by atoms with Gasteiger partial charge >= 0.3 is 0 Å². The fourth-order valence-electron chi connectivity index (χ4n) is 3.48. The molecule has 1 aliphatic rings. The number of hydrogen-bond acceptors (Lipinski definition) is 5. The minimum atomic E-state index is -0.173. The average Bonchev–Trinajstić information content (AvgIpc) is 2.75. The van der Waals surface area contributed by atoms with Crippen molar-refractivity contribution in [2.45, 2.75) is 13.0 Å². The summed E-state index contributed by atoms with van der Waals surface area (Å²) in [6, 6.07) is 19.3. The number of benzene rings is 2. The molecule has 0 spiro atoms. The molecule has 144 valence electrons. The largest absolute Gasteiger partial charge is 0.366 e. The van der Waals surface area contributed by atoms with Gasteiger partial charge in [0.25, 0.3) is 0 Å². The summed E-state index contributed by atoms with van der Waals surface area (Å²) in [6.07, 6.45) is 1.78. The number of halogens is 1. The first-order valence-electron chi connectivity index (χ1n) is 9.59. The third-order valence-corrected chi connectivity index (χ3v) is 5.06. The van der Waals surface area contributed by atoms with Gasteiger partial charge in [0, 0.05) is 38.4 Å². The highest BCUT2D eigenvalue weighted by molar-refractivity contribution is 5.50. The van der Waals surface area contributed by atoms with Gasteiger partial charge < -0.3 is 15.1 Å². The molecule has 0 amide bonds. The van der Waals surface area contributed by atoms with Gasteiger partial charge in [-0.3, -0.25) is 0 Å². The van der Waals surface area contributed by atoms with Crippen LogP contribution in [0.25, 0.3) is 0 Å². The Hall–Kier alpha value is -3.15. The van der Waals surface area contributed by atoms with Crippen LogP contribution in [0.1, 0.15) is 18.5 Å². The zero-order valence-corrected chi connectivity index (χ0v) is 15.9. The lowest BCUT2D eigenvalue weighted by atomic mass is 10.1. The molecule has 1 saturated heterocycles. The Morgan fingerprint density at radius 3 is 2.32 bits per heavy atom. The van der Waals surface area contributed by atoms with Gasteiger partial charge in [0.15, 0.2) is 0 Å². The number of nitrogens with zero attached hydrogens (tertiary/aromatic N) is 4. The molecule has 4 rings (SSSR count). The zero-order valence-electron chi connectivity index (χ0n) is 15.9. The number of nitrogens with one attached hydrogen (secondary N) is 1. The summed E-state index contributed by atoms with van der Waals surface area (Å²) >= 11 is 0. The van der Waals surface area contributed by atoms with Gasteiger partial charge in [-0.2, -0.15) is 4.98 Å². The van der Waals surface area contributed by atoms with Crippen molar-refractivity contribution in [2.75, 3.05) is 41.3 Å². The second-order valence-corrected chi connectivity index (χ2v) is 6.94. The maximum Gasteiger partial charge on any atom is 0.227 e. The molecular formula is C22H24FN5. The van der Waals surface area contributed by atoms with Crippen LogP contribution in [0, 0.1) is 5.82 Å². The first-order valence-corrected chi connectivity index (χ1v) is 9.59. The minimum absolute atomic E-state index is 0.154. The molecule has 6 heteroatoms. The van der Waals surface area contributed by atoms with E-state index in [1.54, 1.807) is 12.3 Å². The highest BCUT2D eigenvalue weighted by atomic mass is 19.1. The molecule has 0 aliphatic carbocycles. The van der Waals surface area contributed by atoms with Gasteiger partial charge in [0.2, 0.25) is 5.95 Å². The number of para-hydroxylation sites is 1. The lowest BCUT2D eigenvalue weighted by Crippen LogP contribution is -2.47. The Balaban J connectivity index is 1.41. The van der Waals surface area contributed by atoms with Gasteiger partial charge in [-0.1, -0.05) is 42.5 Å². The summed E-state index contributed by atoms with van der Waals surface area (Å²) in [5.41, 5.74) is 1.87. The number of rotatable bonds is 5. The molecule has 2 heterocycles. The van der Waals surface area contributed by atoms with Crippen molar-refractivity contribution < 1.29 is 4.39 Å². The van der Waals surface area contributed by atoms with Crippen molar-refractivity contribution in [2.24, 2.45) is 0 Å². The highest BCUT2D eigenvalue weighted by Crippen LogP contribution is 2.23. The normalized spacial score (nSPS) is 15.4. The lowest BCUT2D eigenvalue weighted by Gasteiger charge is -2.36. The molecule has 0 radical (unpaired) electrons. The molecule has 1 N–H and O–H groups in total. The summed E-state index contributed by atoms with van der Waals surface area (Å²) in [4.78, 5) is 13.4. The number of anilines is 3. The van der Waals surface area contributed by atoms with Crippen LogP contribution in [-0.4, -0.2) is 36.1 Å². The van der Waals surface area contributed by atoms with Crippen molar-refractivity contribution >= 4 is 17.5 Å². The van der Waals surface area contributed by atoms with Crippen molar-refractivity contribution in [3.05, 3.63) is 78.2 Å². The van der Waals surface area contributed by atoms with E-state index in [9.17, 15) is 4.39 Å². The standard InChI is InChI=1S/C22H24FN5/c1-17(18-7-3-2-4-8-18)25-21-11-12-24-22(26-21)28-15-13-27(14-16-28)20-10-6-5-9-19(20)23/h2-12,17H,13-16H2,1H3,(H,24,25,26). The summed E-state index contributed by atoms with van der Waals surface area (Å²) < 4.78 is 14.0. The SMILES string of the molecule is CC(Nc1ccnc(N2CCN(c3ccccc3F)CC2)n1)c1ccccc1. The quantitative estimate of drug-likeness (QED) is 0.725. The van der Waals surface area contributed by atoms with Crippen molar-refractivity contribution in [1.29, 1.82) is 0 Å². The fourth-order valence-corrected chi connectivity index (χ4v) is 3.48. The molecule has 5 nitrogen and oxygen atoms in total. The second kappa shape index (κ2) is 8.25. The summed E-state index contributed by atoms with van der Waals surface area (Å²) in [5, 5.41) is 3.44. The minimum Gasteiger partial charge on any atom is -0.366 e. The van der Waals surface area contributed by atoms with Gasteiger partial charge in [-0.15, -0.1) is 0 Å². The first-order chi connectivity index (χ1) is 13.7. The van der Waals surface area contributed by atoms with Crippen molar-refractivity contribution in [1.82, 2.24) is 9.97 Å². The zero-order chi connectivity index (χ0) is 19.3. The molecule has 2 aromatic carbocycles. The third-order valence-electron chi connectivity index (χ3n) is 5.06. The van der Waals surface area contributed by atoms with Crippen LogP contribution in [0.3, 0.4) is 0 Å². The maximum absolute atomic E-state index is 14.0. The Morgan fingerprint density at radius 2 is 1.57 bits per heavy atom. The molecule has 3 aromatic rings. The van der Waals surface area contributed by atoms with E-state index in [1.165, 1.54) is 11.6 Å². The van der Waals surface area contributed by atoms with Crippen molar-refractivity contribution in [3.8, 4) is 0 Å². The lowest BCUT2D eigenvalue weighted by molar-refractivity contribution is 0.594. The molecular weight excluding hydrogens is 353 g/mol. The van der Waals surface area contributed by atoms with E-state index < -0.39 is 0 Å². The third kappa shape index (κ3) is 4.06. The van der Waals surface area contributed by atoms with Gasteiger partial charge in [-0.25, -0.2) is 9.37 Å². The molecule has 1 atom stereocenters. The Bertz CT molecular complexity index is 910. The topological polar surface area (TPSA) is 44.3 Å².